The number of carbonyl (C=O) groups is 1. The largest absolute Gasteiger partial charge is 0.294 e. The van der Waals surface area contributed by atoms with E-state index in [2.05, 4.69) is 4.18 Å². The number of hydrogen-bond acceptors (Lipinski definition) is 4. The molecule has 0 heterocycles. The summed E-state index contributed by atoms with van der Waals surface area (Å²) >= 11 is 0. The molecule has 0 aromatic carbocycles. The Labute approximate surface area is 71.3 Å². The lowest BCUT2D eigenvalue weighted by molar-refractivity contribution is -0.118. The zero-order valence-electron chi connectivity index (χ0n) is 6.85. The van der Waals surface area contributed by atoms with Crippen LogP contribution >= 0.6 is 0 Å². The minimum Gasteiger partial charge on any atom is -0.294 e. The second-order valence-corrected chi connectivity index (χ2v) is 4.42. The molecule has 0 bridgehead atoms. The van der Waals surface area contributed by atoms with Crippen LogP contribution in [0.1, 0.15) is 6.92 Å². The van der Waals surface area contributed by atoms with Crippen molar-refractivity contribution in [3.8, 4) is 0 Å². The minimum absolute atomic E-state index is 0.0938. The zero-order chi connectivity index (χ0) is 9.35. The average Bonchev–Trinajstić information content (AvgIpc) is 2.16. The van der Waals surface area contributed by atoms with Gasteiger partial charge in [0.2, 0.25) is 0 Å². The van der Waals surface area contributed by atoms with Crippen LogP contribution in [-0.2, 0) is 19.1 Å². The van der Waals surface area contributed by atoms with Crippen molar-refractivity contribution in [2.75, 3.05) is 6.26 Å². The topological polar surface area (TPSA) is 60.4 Å². The summed E-state index contributed by atoms with van der Waals surface area (Å²) in [5.74, 6) is -0.483. The summed E-state index contributed by atoms with van der Waals surface area (Å²) in [5.41, 5.74) is 0. The third kappa shape index (κ3) is 2.15. The Morgan fingerprint density at radius 3 is 2.42 bits per heavy atom. The Kier molecular flexibility index (Phi) is 2.34. The molecule has 0 radical (unpaired) electrons. The molecule has 0 saturated heterocycles. The first-order chi connectivity index (χ1) is 5.40. The maximum absolute atomic E-state index is 10.9. The van der Waals surface area contributed by atoms with E-state index in [1.54, 1.807) is 6.92 Å². The summed E-state index contributed by atoms with van der Waals surface area (Å²) in [4.78, 5) is 10.9. The fourth-order valence-corrected chi connectivity index (χ4v) is 1.62. The van der Waals surface area contributed by atoms with Gasteiger partial charge in [0, 0.05) is 0 Å². The SMILES string of the molecule is C[C@@H]1C(=O)C=C[C@H]1OS(C)(=O)=O. The maximum atomic E-state index is 10.9. The first-order valence-electron chi connectivity index (χ1n) is 3.50. The first-order valence-corrected chi connectivity index (χ1v) is 5.32. The van der Waals surface area contributed by atoms with Crippen LogP contribution in [0.5, 0.6) is 0 Å². The van der Waals surface area contributed by atoms with E-state index in [0.29, 0.717) is 0 Å². The summed E-state index contributed by atoms with van der Waals surface area (Å²) in [6.07, 6.45) is 3.16. The third-order valence-corrected chi connectivity index (χ3v) is 2.25. The second-order valence-electron chi connectivity index (χ2n) is 2.82. The highest BCUT2D eigenvalue weighted by Gasteiger charge is 2.29. The van der Waals surface area contributed by atoms with Gasteiger partial charge in [-0.25, -0.2) is 0 Å². The molecule has 0 fully saturated rings. The Morgan fingerprint density at radius 1 is 1.50 bits per heavy atom. The van der Waals surface area contributed by atoms with Gasteiger partial charge in [0.1, 0.15) is 6.10 Å². The predicted molar refractivity (Wildman–Crippen MR) is 43.0 cm³/mol. The molecule has 0 aliphatic heterocycles. The van der Waals surface area contributed by atoms with Gasteiger partial charge in [0.15, 0.2) is 5.78 Å². The first kappa shape index (κ1) is 9.41. The monoisotopic (exact) mass is 190 g/mol. The van der Waals surface area contributed by atoms with E-state index in [9.17, 15) is 13.2 Å². The molecule has 0 spiro atoms. The van der Waals surface area contributed by atoms with Crippen molar-refractivity contribution in [3.63, 3.8) is 0 Å². The molecule has 1 rings (SSSR count). The Bertz CT molecular complexity index is 314. The van der Waals surface area contributed by atoms with Crippen LogP contribution in [0.3, 0.4) is 0 Å². The van der Waals surface area contributed by atoms with Gasteiger partial charge in [-0.3, -0.25) is 8.98 Å². The van der Waals surface area contributed by atoms with E-state index in [1.807, 2.05) is 0 Å². The summed E-state index contributed by atoms with van der Waals surface area (Å²) < 4.78 is 26.0. The van der Waals surface area contributed by atoms with Crippen LogP contribution in [0, 0.1) is 5.92 Å². The van der Waals surface area contributed by atoms with Crippen molar-refractivity contribution >= 4 is 15.9 Å². The van der Waals surface area contributed by atoms with Crippen LogP contribution in [-0.4, -0.2) is 26.6 Å². The molecule has 1 aliphatic carbocycles. The van der Waals surface area contributed by atoms with Crippen molar-refractivity contribution in [1.82, 2.24) is 0 Å². The quantitative estimate of drug-likeness (QED) is 0.580. The molecule has 0 N–H and O–H groups in total. The molecular formula is C7H10O4S. The lowest BCUT2D eigenvalue weighted by Crippen LogP contribution is -2.22. The summed E-state index contributed by atoms with van der Waals surface area (Å²) in [5, 5.41) is 0. The van der Waals surface area contributed by atoms with Crippen molar-refractivity contribution in [2.24, 2.45) is 5.92 Å². The van der Waals surface area contributed by atoms with E-state index < -0.39 is 16.2 Å². The van der Waals surface area contributed by atoms with Gasteiger partial charge in [-0.05, 0) is 6.08 Å². The second kappa shape index (κ2) is 2.99. The molecule has 0 aromatic heterocycles. The third-order valence-electron chi connectivity index (χ3n) is 1.68. The highest BCUT2D eigenvalue weighted by atomic mass is 32.2. The number of allylic oxidation sites excluding steroid dienone is 1. The smallest absolute Gasteiger partial charge is 0.264 e. The molecular weight excluding hydrogens is 180 g/mol. The van der Waals surface area contributed by atoms with Crippen molar-refractivity contribution in [2.45, 2.75) is 13.0 Å². The molecule has 0 amide bonds. The molecule has 1 aliphatic rings. The van der Waals surface area contributed by atoms with E-state index in [1.165, 1.54) is 12.2 Å². The molecule has 0 saturated carbocycles. The lowest BCUT2D eigenvalue weighted by Gasteiger charge is -2.11. The normalized spacial score (nSPS) is 29.7. The van der Waals surface area contributed by atoms with E-state index in [-0.39, 0.29) is 11.7 Å². The Morgan fingerprint density at radius 2 is 2.08 bits per heavy atom. The summed E-state index contributed by atoms with van der Waals surface area (Å²) in [6, 6.07) is 0. The van der Waals surface area contributed by atoms with Crippen molar-refractivity contribution in [3.05, 3.63) is 12.2 Å². The van der Waals surface area contributed by atoms with Gasteiger partial charge >= 0.3 is 0 Å². The number of rotatable bonds is 2. The predicted octanol–water partition coefficient (Wildman–Crippen LogP) is 0.106. The van der Waals surface area contributed by atoms with Gasteiger partial charge in [-0.2, -0.15) is 8.42 Å². The molecule has 0 unspecified atom stereocenters. The standard InChI is InChI=1S/C7H10O4S/c1-5-6(8)3-4-7(5)11-12(2,9)10/h3-5,7H,1-2H3/t5-,7-/m1/s1. The lowest BCUT2D eigenvalue weighted by atomic mass is 10.1. The Balaban J connectivity index is 2.69. The molecule has 2 atom stereocenters. The van der Waals surface area contributed by atoms with Gasteiger partial charge < -0.3 is 0 Å². The van der Waals surface area contributed by atoms with Gasteiger partial charge in [-0.15, -0.1) is 0 Å². The molecule has 5 heteroatoms. The van der Waals surface area contributed by atoms with Crippen LogP contribution in [0.2, 0.25) is 0 Å². The van der Waals surface area contributed by atoms with Crippen molar-refractivity contribution < 1.29 is 17.4 Å². The fourth-order valence-electron chi connectivity index (χ4n) is 0.987. The van der Waals surface area contributed by atoms with Crippen LogP contribution < -0.4 is 0 Å². The van der Waals surface area contributed by atoms with Gasteiger partial charge in [0.05, 0.1) is 12.2 Å². The van der Waals surface area contributed by atoms with Crippen molar-refractivity contribution in [1.29, 1.82) is 0 Å². The van der Waals surface area contributed by atoms with E-state index in [0.717, 1.165) is 6.26 Å². The maximum Gasteiger partial charge on any atom is 0.264 e. The highest BCUT2D eigenvalue weighted by molar-refractivity contribution is 7.86. The number of carbonyl (C=O) groups excluding carboxylic acids is 1. The van der Waals surface area contributed by atoms with Crippen LogP contribution in [0.4, 0.5) is 0 Å². The zero-order valence-corrected chi connectivity index (χ0v) is 7.67. The molecule has 12 heavy (non-hydrogen) atoms. The molecule has 4 nitrogen and oxygen atoms in total. The highest BCUT2D eigenvalue weighted by Crippen LogP contribution is 2.19. The molecule has 0 aromatic rings. The fraction of sp³-hybridized carbons (Fsp3) is 0.571. The van der Waals surface area contributed by atoms with Gasteiger partial charge in [0.25, 0.3) is 10.1 Å². The number of ketones is 1. The van der Waals surface area contributed by atoms with Crippen LogP contribution in [0.25, 0.3) is 0 Å². The number of hydrogen-bond donors (Lipinski definition) is 0. The van der Waals surface area contributed by atoms with E-state index in [4.69, 9.17) is 0 Å². The van der Waals surface area contributed by atoms with Crippen LogP contribution in [0.15, 0.2) is 12.2 Å². The summed E-state index contributed by atoms with van der Waals surface area (Å²) in [7, 11) is -3.47. The summed E-state index contributed by atoms with van der Waals surface area (Å²) in [6.45, 7) is 1.64. The van der Waals surface area contributed by atoms with E-state index >= 15 is 0 Å². The molecule has 68 valence electrons. The average molecular weight is 190 g/mol. The minimum atomic E-state index is -3.47. The van der Waals surface area contributed by atoms with Gasteiger partial charge in [-0.1, -0.05) is 13.0 Å². The Hall–Kier alpha value is -0.680.